The standard InChI is InChI=1S/C27H35N5O3/c1-4-31(23-10-5-8-20(2)18-23)17-7-15-28-26(33)22-9-6-16-32(19-22)27-29-25(30-35-27)21-11-13-24(34-3)14-12-21/h5,8,10-14,18,22H,4,6-7,9,15-17,19H2,1-3H3,(H,28,33)/t22-/m1/s1. The van der Waals surface area contributed by atoms with Crippen molar-refractivity contribution >= 4 is 17.6 Å². The zero-order valence-corrected chi connectivity index (χ0v) is 20.9. The molecule has 2 aromatic carbocycles. The van der Waals surface area contributed by atoms with E-state index in [1.54, 1.807) is 7.11 Å². The molecule has 0 saturated carbocycles. The van der Waals surface area contributed by atoms with Gasteiger partial charge >= 0.3 is 6.01 Å². The van der Waals surface area contributed by atoms with Crippen molar-refractivity contribution in [3.8, 4) is 17.1 Å². The molecular formula is C27H35N5O3. The van der Waals surface area contributed by atoms with E-state index in [9.17, 15) is 4.79 Å². The fourth-order valence-corrected chi connectivity index (χ4v) is 4.49. The Hall–Kier alpha value is -3.55. The lowest BCUT2D eigenvalue weighted by molar-refractivity contribution is -0.125. The first-order chi connectivity index (χ1) is 17.1. The Morgan fingerprint density at radius 1 is 1.26 bits per heavy atom. The summed E-state index contributed by atoms with van der Waals surface area (Å²) in [6.45, 7) is 8.18. The summed E-state index contributed by atoms with van der Waals surface area (Å²) < 4.78 is 10.7. The molecule has 1 aromatic heterocycles. The molecule has 1 amide bonds. The van der Waals surface area contributed by atoms with Crippen molar-refractivity contribution < 1.29 is 14.1 Å². The second kappa shape index (κ2) is 11.7. The maximum absolute atomic E-state index is 12.9. The molecule has 0 unspecified atom stereocenters. The van der Waals surface area contributed by atoms with Crippen LogP contribution in [0.15, 0.2) is 53.1 Å². The number of anilines is 2. The van der Waals surface area contributed by atoms with E-state index in [1.165, 1.54) is 11.3 Å². The van der Waals surface area contributed by atoms with Crippen LogP contribution in [0, 0.1) is 12.8 Å². The summed E-state index contributed by atoms with van der Waals surface area (Å²) in [6.07, 6.45) is 2.68. The van der Waals surface area contributed by atoms with E-state index < -0.39 is 0 Å². The Balaban J connectivity index is 1.26. The average molecular weight is 478 g/mol. The van der Waals surface area contributed by atoms with Gasteiger partial charge in [-0.2, -0.15) is 4.98 Å². The number of aryl methyl sites for hydroxylation is 1. The summed E-state index contributed by atoms with van der Waals surface area (Å²) >= 11 is 0. The number of methoxy groups -OCH3 is 1. The maximum atomic E-state index is 12.9. The smallest absolute Gasteiger partial charge is 0.324 e. The molecule has 0 bridgehead atoms. The van der Waals surface area contributed by atoms with Gasteiger partial charge in [-0.15, -0.1) is 0 Å². The van der Waals surface area contributed by atoms with E-state index in [0.717, 1.165) is 50.2 Å². The third-order valence-electron chi connectivity index (χ3n) is 6.48. The summed E-state index contributed by atoms with van der Waals surface area (Å²) in [7, 11) is 1.63. The van der Waals surface area contributed by atoms with Crippen LogP contribution in [-0.4, -0.2) is 55.9 Å². The SMILES string of the molecule is CCN(CCCNC(=O)[C@@H]1CCCN(c2nc(-c3ccc(OC)cc3)no2)C1)c1cccc(C)c1. The molecular weight excluding hydrogens is 442 g/mol. The van der Waals surface area contributed by atoms with E-state index in [4.69, 9.17) is 9.26 Å². The van der Waals surface area contributed by atoms with Gasteiger partial charge in [-0.3, -0.25) is 4.79 Å². The van der Waals surface area contributed by atoms with E-state index in [2.05, 4.69) is 58.5 Å². The molecule has 0 radical (unpaired) electrons. The van der Waals surface area contributed by atoms with Gasteiger partial charge in [0.25, 0.3) is 0 Å². The normalized spacial score (nSPS) is 15.6. The second-order valence-corrected chi connectivity index (χ2v) is 8.98. The molecule has 35 heavy (non-hydrogen) atoms. The molecule has 1 aliphatic rings. The summed E-state index contributed by atoms with van der Waals surface area (Å²) in [4.78, 5) is 21.8. The van der Waals surface area contributed by atoms with Crippen molar-refractivity contribution in [2.45, 2.75) is 33.1 Å². The number of benzene rings is 2. The van der Waals surface area contributed by atoms with Gasteiger partial charge in [-0.1, -0.05) is 17.3 Å². The predicted octanol–water partition coefficient (Wildman–Crippen LogP) is 4.30. The first-order valence-electron chi connectivity index (χ1n) is 12.4. The van der Waals surface area contributed by atoms with Crippen LogP contribution in [0.3, 0.4) is 0 Å². The van der Waals surface area contributed by atoms with E-state index in [1.807, 2.05) is 29.2 Å². The van der Waals surface area contributed by atoms with Crippen LogP contribution >= 0.6 is 0 Å². The number of carbonyl (C=O) groups is 1. The number of rotatable bonds is 10. The second-order valence-electron chi connectivity index (χ2n) is 8.98. The zero-order chi connectivity index (χ0) is 24.6. The van der Waals surface area contributed by atoms with E-state index in [-0.39, 0.29) is 11.8 Å². The number of aromatic nitrogens is 2. The molecule has 186 valence electrons. The van der Waals surface area contributed by atoms with Crippen molar-refractivity contribution in [2.75, 3.05) is 49.6 Å². The van der Waals surface area contributed by atoms with Gasteiger partial charge in [-0.05, 0) is 75.1 Å². The summed E-state index contributed by atoms with van der Waals surface area (Å²) in [5.41, 5.74) is 3.35. The maximum Gasteiger partial charge on any atom is 0.324 e. The van der Waals surface area contributed by atoms with Crippen LogP contribution < -0.4 is 19.9 Å². The largest absolute Gasteiger partial charge is 0.497 e. The summed E-state index contributed by atoms with van der Waals surface area (Å²) in [6, 6.07) is 16.5. The number of hydrogen-bond acceptors (Lipinski definition) is 7. The number of carbonyl (C=O) groups excluding carboxylic acids is 1. The third kappa shape index (κ3) is 6.32. The zero-order valence-electron chi connectivity index (χ0n) is 20.9. The van der Waals surface area contributed by atoms with Crippen LogP contribution in [0.5, 0.6) is 5.75 Å². The van der Waals surface area contributed by atoms with Crippen LogP contribution in [0.2, 0.25) is 0 Å². The lowest BCUT2D eigenvalue weighted by Gasteiger charge is -2.30. The van der Waals surface area contributed by atoms with Crippen LogP contribution in [0.1, 0.15) is 31.7 Å². The van der Waals surface area contributed by atoms with Gasteiger partial charge in [0.1, 0.15) is 5.75 Å². The predicted molar refractivity (Wildman–Crippen MR) is 138 cm³/mol. The Morgan fingerprint density at radius 3 is 2.83 bits per heavy atom. The minimum atomic E-state index is -0.0841. The van der Waals surface area contributed by atoms with Crippen molar-refractivity contribution in [1.82, 2.24) is 15.5 Å². The molecule has 4 rings (SSSR count). The minimum Gasteiger partial charge on any atom is -0.497 e. The molecule has 1 aliphatic heterocycles. The number of ether oxygens (including phenoxy) is 1. The van der Waals surface area contributed by atoms with Crippen LogP contribution in [0.25, 0.3) is 11.4 Å². The van der Waals surface area contributed by atoms with Crippen molar-refractivity contribution in [1.29, 1.82) is 0 Å². The first kappa shape index (κ1) is 24.6. The minimum absolute atomic E-state index is 0.0841. The molecule has 3 aromatic rings. The fourth-order valence-electron chi connectivity index (χ4n) is 4.49. The number of nitrogens with zero attached hydrogens (tertiary/aromatic N) is 4. The number of piperidine rings is 1. The van der Waals surface area contributed by atoms with Gasteiger partial charge in [-0.25, -0.2) is 0 Å². The highest BCUT2D eigenvalue weighted by Gasteiger charge is 2.28. The Bertz CT molecular complexity index is 1100. The fraction of sp³-hybridized carbons (Fsp3) is 0.444. The topological polar surface area (TPSA) is 83.7 Å². The highest BCUT2D eigenvalue weighted by atomic mass is 16.5. The third-order valence-corrected chi connectivity index (χ3v) is 6.48. The molecule has 8 heteroatoms. The number of hydrogen-bond donors (Lipinski definition) is 1. The molecule has 1 atom stereocenters. The molecule has 1 N–H and O–H groups in total. The van der Waals surface area contributed by atoms with E-state index in [0.29, 0.717) is 24.9 Å². The van der Waals surface area contributed by atoms with Crippen molar-refractivity contribution in [3.05, 3.63) is 54.1 Å². The molecule has 1 fully saturated rings. The van der Waals surface area contributed by atoms with Crippen molar-refractivity contribution in [3.63, 3.8) is 0 Å². The van der Waals surface area contributed by atoms with Gasteiger partial charge in [0.05, 0.1) is 13.0 Å². The Kier molecular flexibility index (Phi) is 8.23. The van der Waals surface area contributed by atoms with Gasteiger partial charge in [0, 0.05) is 44.0 Å². The van der Waals surface area contributed by atoms with Gasteiger partial charge < -0.3 is 24.4 Å². The number of nitrogens with one attached hydrogen (secondary N) is 1. The summed E-state index contributed by atoms with van der Waals surface area (Å²) in [5.74, 6) is 1.32. The van der Waals surface area contributed by atoms with Crippen LogP contribution in [0.4, 0.5) is 11.7 Å². The molecule has 8 nitrogen and oxygen atoms in total. The van der Waals surface area contributed by atoms with Crippen molar-refractivity contribution in [2.24, 2.45) is 5.92 Å². The van der Waals surface area contributed by atoms with Gasteiger partial charge in [0.15, 0.2) is 0 Å². The lowest BCUT2D eigenvalue weighted by Crippen LogP contribution is -2.43. The first-order valence-corrected chi connectivity index (χ1v) is 12.4. The monoisotopic (exact) mass is 477 g/mol. The molecule has 2 heterocycles. The summed E-state index contributed by atoms with van der Waals surface area (Å²) in [5, 5.41) is 7.27. The molecule has 0 spiro atoms. The lowest BCUT2D eigenvalue weighted by atomic mass is 9.97. The number of amides is 1. The highest BCUT2D eigenvalue weighted by molar-refractivity contribution is 5.79. The van der Waals surface area contributed by atoms with Crippen LogP contribution in [-0.2, 0) is 4.79 Å². The quantitative estimate of drug-likeness (QED) is 0.436. The Labute approximate surface area is 207 Å². The average Bonchev–Trinajstić information content (AvgIpc) is 3.39. The Morgan fingerprint density at radius 2 is 2.09 bits per heavy atom. The molecule has 0 aliphatic carbocycles. The van der Waals surface area contributed by atoms with Gasteiger partial charge in [0.2, 0.25) is 11.7 Å². The van der Waals surface area contributed by atoms with E-state index >= 15 is 0 Å². The highest BCUT2D eigenvalue weighted by Crippen LogP contribution is 2.26. The molecule has 1 saturated heterocycles.